The highest BCUT2D eigenvalue weighted by Crippen LogP contribution is 2.28. The number of hydrogen-bond donors (Lipinski definition) is 1. The number of carbonyl (C=O) groups is 1. The second kappa shape index (κ2) is 8.31. The standard InChI is InChI=1S/C22H20N6O3S/c1-30-18-8-7-14(9-19(18)31-2)11-27-12-15(25-26-27)10-23-21(29)16-13-28-17-5-3-4-6-20(17)32-22(28)24-16/h3-9,12-13H,10-11H2,1-2H3,(H,23,29). The van der Waals surface area contributed by atoms with E-state index in [2.05, 4.69) is 20.6 Å². The maximum Gasteiger partial charge on any atom is 0.271 e. The molecule has 1 N–H and O–H groups in total. The van der Waals surface area contributed by atoms with E-state index >= 15 is 0 Å². The molecule has 5 aromatic rings. The summed E-state index contributed by atoms with van der Waals surface area (Å²) in [6, 6.07) is 13.7. The number of benzene rings is 2. The van der Waals surface area contributed by atoms with E-state index in [4.69, 9.17) is 9.47 Å². The van der Waals surface area contributed by atoms with Gasteiger partial charge in [0.15, 0.2) is 16.5 Å². The second-order valence-corrected chi connectivity index (χ2v) is 8.14. The third-order valence-corrected chi connectivity index (χ3v) is 6.08. The largest absolute Gasteiger partial charge is 0.493 e. The van der Waals surface area contributed by atoms with Gasteiger partial charge in [-0.1, -0.05) is 34.7 Å². The zero-order chi connectivity index (χ0) is 22.1. The first kappa shape index (κ1) is 20.0. The summed E-state index contributed by atoms with van der Waals surface area (Å²) in [5, 5.41) is 11.2. The van der Waals surface area contributed by atoms with Gasteiger partial charge in [0, 0.05) is 6.20 Å². The number of aromatic nitrogens is 5. The summed E-state index contributed by atoms with van der Waals surface area (Å²) in [4.78, 5) is 17.8. The van der Waals surface area contributed by atoms with Crippen LogP contribution in [0.3, 0.4) is 0 Å². The number of nitrogens with one attached hydrogen (secondary N) is 1. The van der Waals surface area contributed by atoms with E-state index in [-0.39, 0.29) is 12.5 Å². The molecule has 0 aliphatic heterocycles. The molecule has 10 heteroatoms. The summed E-state index contributed by atoms with van der Waals surface area (Å²) in [7, 11) is 3.20. The van der Waals surface area contributed by atoms with Crippen LogP contribution in [0.4, 0.5) is 0 Å². The molecular formula is C22H20N6O3S. The third-order valence-electron chi connectivity index (χ3n) is 5.04. The number of amides is 1. The van der Waals surface area contributed by atoms with E-state index in [0.29, 0.717) is 29.4 Å². The van der Waals surface area contributed by atoms with Gasteiger partial charge in [-0.05, 0) is 29.8 Å². The van der Waals surface area contributed by atoms with Crippen molar-refractivity contribution in [3.63, 3.8) is 0 Å². The van der Waals surface area contributed by atoms with Crippen molar-refractivity contribution in [2.24, 2.45) is 0 Å². The van der Waals surface area contributed by atoms with E-state index in [1.807, 2.05) is 46.9 Å². The highest BCUT2D eigenvalue weighted by Gasteiger charge is 2.14. The highest BCUT2D eigenvalue weighted by atomic mass is 32.1. The van der Waals surface area contributed by atoms with Crippen LogP contribution >= 0.6 is 11.3 Å². The minimum atomic E-state index is -0.251. The normalized spacial score (nSPS) is 11.2. The van der Waals surface area contributed by atoms with Crippen LogP contribution in [0.1, 0.15) is 21.7 Å². The predicted octanol–water partition coefficient (Wildman–Crippen LogP) is 3.14. The summed E-state index contributed by atoms with van der Waals surface area (Å²) >= 11 is 1.55. The maximum absolute atomic E-state index is 12.6. The maximum atomic E-state index is 12.6. The zero-order valence-corrected chi connectivity index (χ0v) is 18.3. The molecule has 3 aromatic heterocycles. The molecule has 1 amide bonds. The van der Waals surface area contributed by atoms with Crippen molar-refractivity contribution >= 4 is 32.4 Å². The summed E-state index contributed by atoms with van der Waals surface area (Å²) in [5.41, 5.74) is 3.07. The molecule has 0 fully saturated rings. The van der Waals surface area contributed by atoms with Gasteiger partial charge in [0.05, 0.1) is 43.7 Å². The first-order valence-corrected chi connectivity index (χ1v) is 10.7. The summed E-state index contributed by atoms with van der Waals surface area (Å²) < 4.78 is 15.4. The first-order chi connectivity index (χ1) is 15.6. The van der Waals surface area contributed by atoms with Crippen molar-refractivity contribution in [3.8, 4) is 11.5 Å². The van der Waals surface area contributed by atoms with Crippen molar-refractivity contribution in [1.29, 1.82) is 0 Å². The van der Waals surface area contributed by atoms with Gasteiger partial charge < -0.3 is 14.8 Å². The monoisotopic (exact) mass is 448 g/mol. The Morgan fingerprint density at radius 2 is 1.94 bits per heavy atom. The lowest BCUT2D eigenvalue weighted by Crippen LogP contribution is -2.23. The molecule has 0 saturated heterocycles. The van der Waals surface area contributed by atoms with Gasteiger partial charge in [-0.3, -0.25) is 9.20 Å². The van der Waals surface area contributed by atoms with Gasteiger partial charge in [-0.25, -0.2) is 9.67 Å². The van der Waals surface area contributed by atoms with Gasteiger partial charge in [-0.2, -0.15) is 0 Å². The molecule has 3 heterocycles. The van der Waals surface area contributed by atoms with Gasteiger partial charge in [-0.15, -0.1) is 5.10 Å². The Morgan fingerprint density at radius 3 is 2.78 bits per heavy atom. The number of rotatable bonds is 7. The second-order valence-electron chi connectivity index (χ2n) is 7.13. The number of para-hydroxylation sites is 1. The quantitative estimate of drug-likeness (QED) is 0.411. The van der Waals surface area contributed by atoms with Crippen molar-refractivity contribution in [1.82, 2.24) is 29.7 Å². The van der Waals surface area contributed by atoms with Crippen LogP contribution in [0, 0.1) is 0 Å². The lowest BCUT2D eigenvalue weighted by molar-refractivity contribution is 0.0946. The predicted molar refractivity (Wildman–Crippen MR) is 120 cm³/mol. The van der Waals surface area contributed by atoms with Crippen molar-refractivity contribution < 1.29 is 14.3 Å². The first-order valence-electron chi connectivity index (χ1n) is 9.89. The minimum Gasteiger partial charge on any atom is -0.493 e. The molecule has 5 rings (SSSR count). The Kier molecular flexibility index (Phi) is 5.20. The Balaban J connectivity index is 1.24. The van der Waals surface area contributed by atoms with Crippen molar-refractivity contribution in [3.05, 3.63) is 71.8 Å². The average molecular weight is 449 g/mol. The van der Waals surface area contributed by atoms with Crippen LogP contribution in [0.25, 0.3) is 15.2 Å². The van der Waals surface area contributed by atoms with Crippen LogP contribution in [-0.2, 0) is 13.1 Å². The fourth-order valence-corrected chi connectivity index (χ4v) is 4.49. The molecule has 162 valence electrons. The number of methoxy groups -OCH3 is 2. The van der Waals surface area contributed by atoms with Crippen LogP contribution in [0.2, 0.25) is 0 Å². The molecule has 0 radical (unpaired) electrons. The number of thiazole rings is 1. The van der Waals surface area contributed by atoms with E-state index in [9.17, 15) is 4.79 Å². The topological polar surface area (TPSA) is 95.6 Å². The fraction of sp³-hybridized carbons (Fsp3) is 0.182. The number of nitrogens with zero attached hydrogens (tertiary/aromatic N) is 5. The summed E-state index contributed by atoms with van der Waals surface area (Å²) in [5.74, 6) is 1.08. The molecule has 9 nitrogen and oxygen atoms in total. The Bertz CT molecular complexity index is 1420. The van der Waals surface area contributed by atoms with Crippen molar-refractivity contribution in [2.75, 3.05) is 14.2 Å². The Hall–Kier alpha value is -3.92. The summed E-state index contributed by atoms with van der Waals surface area (Å²) in [6.45, 7) is 0.780. The Labute approximate surface area is 187 Å². The molecule has 0 bridgehead atoms. The number of fused-ring (bicyclic) bond motifs is 3. The third kappa shape index (κ3) is 3.76. The number of imidazole rings is 1. The number of ether oxygens (including phenoxy) is 2. The smallest absolute Gasteiger partial charge is 0.271 e. The molecule has 0 unspecified atom stereocenters. The molecular weight excluding hydrogens is 428 g/mol. The van der Waals surface area contributed by atoms with Crippen LogP contribution in [0.15, 0.2) is 54.9 Å². The minimum absolute atomic E-state index is 0.251. The highest BCUT2D eigenvalue weighted by molar-refractivity contribution is 7.23. The number of hydrogen-bond acceptors (Lipinski definition) is 7. The SMILES string of the molecule is COc1ccc(Cn2cc(CNC(=O)c3cn4c(n3)sc3ccccc34)nn2)cc1OC. The van der Waals surface area contributed by atoms with E-state index in [0.717, 1.165) is 20.7 Å². The van der Waals surface area contributed by atoms with Gasteiger partial charge in [0.2, 0.25) is 0 Å². The lowest BCUT2D eigenvalue weighted by Gasteiger charge is -2.09. The van der Waals surface area contributed by atoms with Gasteiger partial charge in [0.25, 0.3) is 5.91 Å². The molecule has 32 heavy (non-hydrogen) atoms. The van der Waals surface area contributed by atoms with Crippen molar-refractivity contribution in [2.45, 2.75) is 13.1 Å². The average Bonchev–Trinajstić information content (AvgIpc) is 3.52. The molecule has 0 aliphatic rings. The van der Waals surface area contributed by atoms with Crippen LogP contribution in [0.5, 0.6) is 11.5 Å². The lowest BCUT2D eigenvalue weighted by atomic mass is 10.2. The molecule has 0 atom stereocenters. The molecule has 2 aromatic carbocycles. The number of carbonyl (C=O) groups excluding carboxylic acids is 1. The molecule has 0 aliphatic carbocycles. The van der Waals surface area contributed by atoms with E-state index in [1.165, 1.54) is 0 Å². The zero-order valence-electron chi connectivity index (χ0n) is 17.5. The molecule has 0 saturated carbocycles. The Morgan fingerprint density at radius 1 is 1.09 bits per heavy atom. The summed E-state index contributed by atoms with van der Waals surface area (Å²) in [6.07, 6.45) is 3.56. The van der Waals surface area contributed by atoms with E-state index < -0.39 is 0 Å². The van der Waals surface area contributed by atoms with Crippen LogP contribution in [-0.4, -0.2) is 44.5 Å². The van der Waals surface area contributed by atoms with Gasteiger partial charge in [0.1, 0.15) is 11.4 Å². The fourth-order valence-electron chi connectivity index (χ4n) is 3.48. The van der Waals surface area contributed by atoms with Gasteiger partial charge >= 0.3 is 0 Å². The molecule has 0 spiro atoms. The van der Waals surface area contributed by atoms with Crippen LogP contribution < -0.4 is 14.8 Å². The van der Waals surface area contributed by atoms with E-state index in [1.54, 1.807) is 42.6 Å².